The van der Waals surface area contributed by atoms with Gasteiger partial charge in [-0.1, -0.05) is 6.07 Å². The maximum atomic E-state index is 11.7. The van der Waals surface area contributed by atoms with Crippen molar-refractivity contribution < 1.29 is 23.1 Å². The summed E-state index contributed by atoms with van der Waals surface area (Å²) < 4.78 is 30.0. The van der Waals surface area contributed by atoms with Crippen LogP contribution in [0.25, 0.3) is 0 Å². The van der Waals surface area contributed by atoms with Crippen molar-refractivity contribution >= 4 is 27.3 Å². The molecule has 1 unspecified atom stereocenters. The highest BCUT2D eigenvalue weighted by Gasteiger charge is 2.27. The van der Waals surface area contributed by atoms with Crippen LogP contribution >= 0.6 is 11.3 Å². The molecule has 23 heavy (non-hydrogen) atoms. The van der Waals surface area contributed by atoms with Gasteiger partial charge in [0.1, 0.15) is 6.54 Å². The van der Waals surface area contributed by atoms with Crippen LogP contribution in [-0.4, -0.2) is 80.4 Å². The number of hydrogen-bond donors (Lipinski definition) is 1. The van der Waals surface area contributed by atoms with Gasteiger partial charge in [0.15, 0.2) is 0 Å². The zero-order chi connectivity index (χ0) is 16.9. The fourth-order valence-electron chi connectivity index (χ4n) is 2.51. The van der Waals surface area contributed by atoms with Gasteiger partial charge in [0.25, 0.3) is 0 Å². The third-order valence-corrected chi connectivity index (χ3v) is 5.82. The zero-order valence-electron chi connectivity index (χ0n) is 13.1. The SMILES string of the molecule is CS(=O)(=O)N(CC(=O)O)CC1CN(CCc2cccs2)CCO1. The van der Waals surface area contributed by atoms with E-state index in [1.165, 1.54) is 4.88 Å². The molecule has 1 aliphatic heterocycles. The highest BCUT2D eigenvalue weighted by atomic mass is 32.2. The third kappa shape index (κ3) is 6.19. The first-order valence-electron chi connectivity index (χ1n) is 7.38. The number of nitrogens with zero attached hydrogens (tertiary/aromatic N) is 2. The second-order valence-electron chi connectivity index (χ2n) is 5.57. The lowest BCUT2D eigenvalue weighted by Gasteiger charge is -2.34. The first kappa shape index (κ1) is 18.3. The molecule has 2 rings (SSSR count). The zero-order valence-corrected chi connectivity index (χ0v) is 14.7. The maximum absolute atomic E-state index is 11.7. The van der Waals surface area contributed by atoms with E-state index >= 15 is 0 Å². The quantitative estimate of drug-likeness (QED) is 0.717. The molecular weight excluding hydrogens is 340 g/mol. The molecule has 1 aromatic heterocycles. The molecule has 0 spiro atoms. The van der Waals surface area contributed by atoms with E-state index in [0.717, 1.165) is 30.1 Å². The van der Waals surface area contributed by atoms with Crippen molar-refractivity contribution in [1.29, 1.82) is 0 Å². The number of hydrogen-bond acceptors (Lipinski definition) is 6. The summed E-state index contributed by atoms with van der Waals surface area (Å²) in [7, 11) is -3.57. The Morgan fingerprint density at radius 3 is 2.96 bits per heavy atom. The Morgan fingerprint density at radius 2 is 2.35 bits per heavy atom. The molecule has 1 fully saturated rings. The van der Waals surface area contributed by atoms with E-state index in [1.807, 2.05) is 11.4 Å². The molecule has 130 valence electrons. The summed E-state index contributed by atoms with van der Waals surface area (Å²) in [6, 6.07) is 4.12. The van der Waals surface area contributed by atoms with Gasteiger partial charge in [-0.2, -0.15) is 4.31 Å². The van der Waals surface area contributed by atoms with Crippen molar-refractivity contribution in [3.05, 3.63) is 22.4 Å². The van der Waals surface area contributed by atoms with Crippen molar-refractivity contribution in [2.24, 2.45) is 0 Å². The number of carbonyl (C=O) groups is 1. The molecule has 7 nitrogen and oxygen atoms in total. The van der Waals surface area contributed by atoms with E-state index in [2.05, 4.69) is 11.0 Å². The van der Waals surface area contributed by atoms with Crippen LogP contribution in [0.15, 0.2) is 17.5 Å². The Morgan fingerprint density at radius 1 is 1.57 bits per heavy atom. The van der Waals surface area contributed by atoms with Crippen molar-refractivity contribution in [1.82, 2.24) is 9.21 Å². The Kier molecular flexibility index (Phi) is 6.54. The van der Waals surface area contributed by atoms with Gasteiger partial charge < -0.3 is 9.84 Å². The smallest absolute Gasteiger partial charge is 0.318 e. The molecule has 0 aromatic carbocycles. The number of carboxylic acid groups (broad SMARTS) is 1. The first-order valence-corrected chi connectivity index (χ1v) is 10.1. The van der Waals surface area contributed by atoms with Gasteiger partial charge in [0.05, 0.1) is 19.0 Å². The maximum Gasteiger partial charge on any atom is 0.318 e. The minimum atomic E-state index is -3.57. The summed E-state index contributed by atoms with van der Waals surface area (Å²) in [5.41, 5.74) is 0. The first-order chi connectivity index (χ1) is 10.8. The predicted octanol–water partition coefficient (Wildman–Crippen LogP) is 0.338. The lowest BCUT2D eigenvalue weighted by molar-refractivity contribution is -0.137. The summed E-state index contributed by atoms with van der Waals surface area (Å²) in [4.78, 5) is 14.4. The van der Waals surface area contributed by atoms with E-state index in [9.17, 15) is 13.2 Å². The van der Waals surface area contributed by atoms with Gasteiger partial charge in [-0.3, -0.25) is 9.69 Å². The average Bonchev–Trinajstić information content (AvgIpc) is 2.97. The van der Waals surface area contributed by atoms with E-state index < -0.39 is 22.5 Å². The van der Waals surface area contributed by atoms with Gasteiger partial charge in [-0.15, -0.1) is 11.3 Å². The largest absolute Gasteiger partial charge is 0.480 e. The fourth-order valence-corrected chi connectivity index (χ4v) is 3.99. The van der Waals surface area contributed by atoms with Gasteiger partial charge in [-0.05, 0) is 17.9 Å². The molecule has 1 atom stereocenters. The summed E-state index contributed by atoms with van der Waals surface area (Å²) in [6.07, 6.45) is 1.67. The van der Waals surface area contributed by atoms with Crippen molar-refractivity contribution in [2.45, 2.75) is 12.5 Å². The van der Waals surface area contributed by atoms with Crippen LogP contribution in [0, 0.1) is 0 Å². The standard InChI is InChI=1S/C14H22N2O5S2/c1-23(19,20)16(11-14(17)18)10-12-9-15(6-7-21-12)5-4-13-3-2-8-22-13/h2-3,8,12H,4-7,9-11H2,1H3,(H,17,18). The highest BCUT2D eigenvalue weighted by molar-refractivity contribution is 7.88. The van der Waals surface area contributed by atoms with E-state index in [4.69, 9.17) is 9.84 Å². The molecule has 0 aliphatic carbocycles. The molecule has 1 N–H and O–H groups in total. The third-order valence-electron chi connectivity index (χ3n) is 3.67. The number of carboxylic acids is 1. The number of rotatable bonds is 8. The van der Waals surface area contributed by atoms with E-state index in [1.54, 1.807) is 11.3 Å². The number of ether oxygens (including phenoxy) is 1. The molecule has 1 saturated heterocycles. The van der Waals surface area contributed by atoms with Gasteiger partial charge in [0, 0.05) is 31.1 Å². The summed E-state index contributed by atoms with van der Waals surface area (Å²) in [5.74, 6) is -1.17. The Balaban J connectivity index is 1.87. The predicted molar refractivity (Wildman–Crippen MR) is 88.3 cm³/mol. The lowest BCUT2D eigenvalue weighted by atomic mass is 10.2. The number of sulfonamides is 1. The Bertz CT molecular complexity index is 603. The summed E-state index contributed by atoms with van der Waals surface area (Å²) >= 11 is 1.72. The highest BCUT2D eigenvalue weighted by Crippen LogP contribution is 2.13. The minimum Gasteiger partial charge on any atom is -0.480 e. The molecule has 0 amide bonds. The second-order valence-corrected chi connectivity index (χ2v) is 8.59. The van der Waals surface area contributed by atoms with Crippen molar-refractivity contribution in [3.8, 4) is 0 Å². The van der Waals surface area contributed by atoms with Crippen LogP contribution in [0.2, 0.25) is 0 Å². The Hall–Kier alpha value is -1.00. The van der Waals surface area contributed by atoms with Crippen LogP contribution < -0.4 is 0 Å². The molecule has 1 aromatic rings. The molecule has 1 aliphatic rings. The second kappa shape index (κ2) is 8.20. The van der Waals surface area contributed by atoms with Gasteiger partial charge in [0.2, 0.25) is 10.0 Å². The van der Waals surface area contributed by atoms with Gasteiger partial charge >= 0.3 is 5.97 Å². The molecular formula is C14H22N2O5S2. The lowest BCUT2D eigenvalue weighted by Crippen LogP contribution is -2.49. The average molecular weight is 362 g/mol. The summed E-state index contributed by atoms with van der Waals surface area (Å²) in [6.45, 7) is 2.36. The summed E-state index contributed by atoms with van der Waals surface area (Å²) in [5, 5.41) is 10.9. The molecule has 0 radical (unpaired) electrons. The van der Waals surface area contributed by atoms with Crippen LogP contribution in [0.1, 0.15) is 4.88 Å². The monoisotopic (exact) mass is 362 g/mol. The molecule has 9 heteroatoms. The topological polar surface area (TPSA) is 87.2 Å². The van der Waals surface area contributed by atoms with Crippen LogP contribution in [-0.2, 0) is 26.0 Å². The number of thiophene rings is 1. The minimum absolute atomic E-state index is 0.0701. The molecule has 0 saturated carbocycles. The van der Waals surface area contributed by atoms with Crippen molar-refractivity contribution in [3.63, 3.8) is 0 Å². The number of aliphatic carboxylic acids is 1. The Labute approximate surface area is 140 Å². The van der Waals surface area contributed by atoms with Crippen molar-refractivity contribution in [2.75, 3.05) is 45.6 Å². The number of morpholine rings is 1. The fraction of sp³-hybridized carbons (Fsp3) is 0.643. The normalized spacial score (nSPS) is 20.0. The van der Waals surface area contributed by atoms with Gasteiger partial charge in [-0.25, -0.2) is 8.42 Å². The van der Waals surface area contributed by atoms with Crippen LogP contribution in [0.3, 0.4) is 0 Å². The molecule has 0 bridgehead atoms. The van der Waals surface area contributed by atoms with E-state index in [-0.39, 0.29) is 12.6 Å². The van der Waals surface area contributed by atoms with E-state index in [0.29, 0.717) is 13.2 Å². The van der Waals surface area contributed by atoms with Crippen LogP contribution in [0.5, 0.6) is 0 Å². The van der Waals surface area contributed by atoms with Crippen LogP contribution in [0.4, 0.5) is 0 Å². The molecule has 2 heterocycles.